The van der Waals surface area contributed by atoms with Gasteiger partial charge in [0.2, 0.25) is 0 Å². The van der Waals surface area contributed by atoms with E-state index in [1.165, 1.54) is 0 Å². The van der Waals surface area contributed by atoms with Gasteiger partial charge in [0.15, 0.2) is 18.9 Å². The molecule has 3 rings (SSSR count). The Kier molecular flexibility index (Phi) is 4.30. The molecule has 0 aliphatic carbocycles. The normalized spacial score (nSPS) is 44.1. The molecule has 3 heterocycles. The number of aliphatic carboxylic acids is 2. The maximum atomic E-state index is 10.7. The van der Waals surface area contributed by atoms with Crippen molar-refractivity contribution in [3.63, 3.8) is 0 Å². The Balaban J connectivity index is 1.70. The van der Waals surface area contributed by atoms with E-state index in [2.05, 4.69) is 0 Å². The van der Waals surface area contributed by atoms with Crippen molar-refractivity contribution in [2.24, 2.45) is 0 Å². The summed E-state index contributed by atoms with van der Waals surface area (Å²) in [5, 5.41) is 27.5. The monoisotopic (exact) mass is 320 g/mol. The zero-order chi connectivity index (χ0) is 15.9. The minimum Gasteiger partial charge on any atom is -0.481 e. The van der Waals surface area contributed by atoms with E-state index in [1.807, 2.05) is 0 Å². The number of hydrogen-bond acceptors (Lipinski definition) is 8. The molecule has 3 aliphatic rings. The van der Waals surface area contributed by atoms with Gasteiger partial charge in [0.25, 0.3) is 0 Å². The van der Waals surface area contributed by atoms with Gasteiger partial charge in [-0.15, -0.1) is 0 Å². The van der Waals surface area contributed by atoms with Crippen molar-refractivity contribution < 1.29 is 48.6 Å². The van der Waals surface area contributed by atoms with E-state index in [0.717, 1.165) is 0 Å². The average molecular weight is 320 g/mol. The van der Waals surface area contributed by atoms with Gasteiger partial charge in [-0.2, -0.15) is 0 Å². The molecule has 0 aromatic heterocycles. The van der Waals surface area contributed by atoms with Crippen molar-refractivity contribution in [2.75, 3.05) is 6.61 Å². The van der Waals surface area contributed by atoms with Crippen molar-refractivity contribution in [3.05, 3.63) is 0 Å². The lowest BCUT2D eigenvalue weighted by atomic mass is 9.98. The molecule has 3 fully saturated rings. The van der Waals surface area contributed by atoms with E-state index in [-0.39, 0.29) is 19.4 Å². The van der Waals surface area contributed by atoms with E-state index in [4.69, 9.17) is 33.9 Å². The molecule has 0 bridgehead atoms. The number of rotatable bonds is 4. The summed E-state index contributed by atoms with van der Waals surface area (Å²) < 4.78 is 26.9. The summed E-state index contributed by atoms with van der Waals surface area (Å²) in [6.07, 6.45) is -7.00. The highest BCUT2D eigenvalue weighted by atomic mass is 16.8. The second kappa shape index (κ2) is 6.07. The number of carboxylic acid groups (broad SMARTS) is 2. The predicted octanol–water partition coefficient (Wildman–Crippen LogP) is -1.50. The van der Waals surface area contributed by atoms with Gasteiger partial charge in [-0.1, -0.05) is 0 Å². The lowest BCUT2D eigenvalue weighted by Gasteiger charge is -2.44. The average Bonchev–Trinajstić information content (AvgIpc) is 2.82. The molecular formula is C12H16O10. The van der Waals surface area contributed by atoms with E-state index < -0.39 is 55.2 Å². The zero-order valence-corrected chi connectivity index (χ0v) is 11.4. The van der Waals surface area contributed by atoms with Crippen LogP contribution < -0.4 is 0 Å². The number of hydrogen-bond donors (Lipinski definition) is 3. The summed E-state index contributed by atoms with van der Waals surface area (Å²) in [4.78, 5) is 21.5. The molecule has 7 atom stereocenters. The lowest BCUT2D eigenvalue weighted by Crippen LogP contribution is -2.61. The first-order chi connectivity index (χ1) is 10.4. The largest absolute Gasteiger partial charge is 0.481 e. The van der Waals surface area contributed by atoms with Gasteiger partial charge in [0, 0.05) is 0 Å². The van der Waals surface area contributed by atoms with Gasteiger partial charge in [0.05, 0.1) is 19.4 Å². The predicted molar refractivity (Wildman–Crippen MR) is 63.5 cm³/mol. The number of aliphatic hydroxyl groups is 1. The van der Waals surface area contributed by atoms with Crippen LogP contribution in [0, 0.1) is 0 Å². The van der Waals surface area contributed by atoms with Gasteiger partial charge < -0.3 is 39.0 Å². The van der Waals surface area contributed by atoms with Crippen LogP contribution in [0.4, 0.5) is 0 Å². The molecule has 0 spiro atoms. The Morgan fingerprint density at radius 1 is 0.864 bits per heavy atom. The molecule has 3 N–H and O–H groups in total. The van der Waals surface area contributed by atoms with Crippen LogP contribution in [0.5, 0.6) is 0 Å². The van der Waals surface area contributed by atoms with Crippen LogP contribution in [0.3, 0.4) is 0 Å². The molecule has 124 valence electrons. The van der Waals surface area contributed by atoms with Crippen LogP contribution in [0.15, 0.2) is 0 Å². The molecule has 22 heavy (non-hydrogen) atoms. The topological polar surface area (TPSA) is 141 Å². The summed E-state index contributed by atoms with van der Waals surface area (Å²) in [5.41, 5.74) is 0. The summed E-state index contributed by atoms with van der Waals surface area (Å²) >= 11 is 0. The first-order valence-corrected chi connectivity index (χ1v) is 6.79. The fraction of sp³-hybridized carbons (Fsp3) is 0.833. The van der Waals surface area contributed by atoms with Gasteiger partial charge in [-0.3, -0.25) is 9.59 Å². The molecule has 0 radical (unpaired) electrons. The Labute approximate surface area is 124 Å². The summed E-state index contributed by atoms with van der Waals surface area (Å²) in [7, 11) is 0. The maximum Gasteiger partial charge on any atom is 0.308 e. The van der Waals surface area contributed by atoms with Crippen LogP contribution in [0.25, 0.3) is 0 Å². The minimum atomic E-state index is -1.30. The van der Waals surface area contributed by atoms with E-state index in [1.54, 1.807) is 0 Å². The highest BCUT2D eigenvalue weighted by molar-refractivity contribution is 5.67. The third-order valence-electron chi connectivity index (χ3n) is 3.67. The molecule has 10 heteroatoms. The summed E-state index contributed by atoms with van der Waals surface area (Å²) in [6, 6.07) is 0. The molecular weight excluding hydrogens is 304 g/mol. The Morgan fingerprint density at radius 2 is 1.45 bits per heavy atom. The second-order valence-electron chi connectivity index (χ2n) is 5.26. The highest BCUT2D eigenvalue weighted by Gasteiger charge is 2.55. The molecule has 0 amide bonds. The number of fused-ring (bicyclic) bond motifs is 3. The van der Waals surface area contributed by atoms with E-state index in [9.17, 15) is 14.7 Å². The van der Waals surface area contributed by atoms with Crippen molar-refractivity contribution in [1.82, 2.24) is 0 Å². The minimum absolute atomic E-state index is 0.0376. The molecule has 10 nitrogen and oxygen atoms in total. The van der Waals surface area contributed by atoms with Crippen molar-refractivity contribution in [3.8, 4) is 0 Å². The highest BCUT2D eigenvalue weighted by Crippen LogP contribution is 2.37. The first-order valence-electron chi connectivity index (χ1n) is 6.79. The SMILES string of the molecule is O=C(O)CC1OCC2OC(O)C3OC(CC(=O)O)OC3C2O1. The molecule has 0 saturated carbocycles. The Hall–Kier alpha value is -1.30. The van der Waals surface area contributed by atoms with Crippen LogP contribution in [0.2, 0.25) is 0 Å². The summed E-state index contributed by atoms with van der Waals surface area (Å²) in [5.74, 6) is -2.18. The standard InChI is InChI=1S/C12H16O10/c13-5(14)1-7-18-3-4-9(20-7)10-11(12(17)19-4)22-8(21-10)2-6(15)16/h4,7-12,17H,1-3H2,(H,13,14)(H,15,16). The number of ether oxygens (including phenoxy) is 5. The number of aliphatic hydroxyl groups excluding tert-OH is 1. The molecule has 3 saturated heterocycles. The van der Waals surface area contributed by atoms with Crippen LogP contribution in [0.1, 0.15) is 12.8 Å². The van der Waals surface area contributed by atoms with Crippen molar-refractivity contribution >= 4 is 11.9 Å². The third kappa shape index (κ3) is 3.07. The lowest BCUT2D eigenvalue weighted by molar-refractivity contribution is -0.336. The fourth-order valence-corrected chi connectivity index (χ4v) is 2.78. The Bertz CT molecular complexity index is 453. The molecule has 0 aromatic carbocycles. The van der Waals surface area contributed by atoms with Crippen LogP contribution >= 0.6 is 0 Å². The van der Waals surface area contributed by atoms with Crippen LogP contribution in [-0.4, -0.2) is 77.2 Å². The van der Waals surface area contributed by atoms with Gasteiger partial charge in [0.1, 0.15) is 24.4 Å². The van der Waals surface area contributed by atoms with Gasteiger partial charge >= 0.3 is 11.9 Å². The first kappa shape index (κ1) is 15.6. The quantitative estimate of drug-likeness (QED) is 0.560. The van der Waals surface area contributed by atoms with Crippen molar-refractivity contribution in [1.29, 1.82) is 0 Å². The van der Waals surface area contributed by atoms with E-state index >= 15 is 0 Å². The summed E-state index contributed by atoms with van der Waals surface area (Å²) in [6.45, 7) is 0.0376. The molecule has 3 aliphatic heterocycles. The molecule has 0 aromatic rings. The third-order valence-corrected chi connectivity index (χ3v) is 3.67. The van der Waals surface area contributed by atoms with Gasteiger partial charge in [-0.05, 0) is 0 Å². The fourth-order valence-electron chi connectivity index (χ4n) is 2.78. The smallest absolute Gasteiger partial charge is 0.308 e. The van der Waals surface area contributed by atoms with Crippen LogP contribution in [-0.2, 0) is 33.3 Å². The second-order valence-corrected chi connectivity index (χ2v) is 5.26. The van der Waals surface area contributed by atoms with E-state index in [0.29, 0.717) is 0 Å². The number of carbonyl (C=O) groups is 2. The number of carboxylic acids is 2. The zero-order valence-electron chi connectivity index (χ0n) is 11.4. The molecule has 7 unspecified atom stereocenters. The Morgan fingerprint density at radius 3 is 2.14 bits per heavy atom. The maximum absolute atomic E-state index is 10.7. The van der Waals surface area contributed by atoms with Crippen molar-refractivity contribution in [2.45, 2.75) is 56.1 Å². The van der Waals surface area contributed by atoms with Gasteiger partial charge in [-0.25, -0.2) is 0 Å².